The molecule has 0 atom stereocenters. The molecule has 0 spiro atoms. The predicted molar refractivity (Wildman–Crippen MR) is 88.3 cm³/mol. The smallest absolute Gasteiger partial charge is 0.136 e. The van der Waals surface area contributed by atoms with Crippen LogP contribution in [-0.2, 0) is 12.0 Å². The molecule has 2 aromatic rings. The van der Waals surface area contributed by atoms with E-state index in [2.05, 4.69) is 67.7 Å². The van der Waals surface area contributed by atoms with Crippen molar-refractivity contribution < 1.29 is 4.74 Å². The maximum absolute atomic E-state index is 6.04. The third-order valence-electron chi connectivity index (χ3n) is 3.20. The maximum Gasteiger partial charge on any atom is 0.136 e. The Morgan fingerprint density at radius 1 is 1.29 bits per heavy atom. The van der Waals surface area contributed by atoms with Gasteiger partial charge in [0.2, 0.25) is 0 Å². The highest BCUT2D eigenvalue weighted by molar-refractivity contribution is 7.10. The van der Waals surface area contributed by atoms with Crippen molar-refractivity contribution in [2.45, 2.75) is 46.6 Å². The molecular weight excluding hydrogens is 282 g/mol. The van der Waals surface area contributed by atoms with Gasteiger partial charge in [-0.25, -0.2) is 0 Å². The number of nitrogens with zero attached hydrogens (tertiary/aromatic N) is 2. The molecule has 2 rings (SSSR count). The highest BCUT2D eigenvalue weighted by atomic mass is 32.1. The quantitative estimate of drug-likeness (QED) is 0.901. The van der Waals surface area contributed by atoms with E-state index in [1.165, 1.54) is 22.7 Å². The van der Waals surface area contributed by atoms with Crippen LogP contribution in [-0.4, -0.2) is 16.1 Å². The monoisotopic (exact) mass is 305 g/mol. The van der Waals surface area contributed by atoms with Gasteiger partial charge < -0.3 is 10.1 Å². The van der Waals surface area contributed by atoms with Crippen LogP contribution >= 0.6 is 11.5 Å². The summed E-state index contributed by atoms with van der Waals surface area (Å²) in [6.07, 6.45) is 0. The van der Waals surface area contributed by atoms with Crippen molar-refractivity contribution in [1.82, 2.24) is 9.59 Å². The summed E-state index contributed by atoms with van der Waals surface area (Å²) >= 11 is 1.37. The van der Waals surface area contributed by atoms with E-state index in [1.807, 2.05) is 0 Å². The van der Waals surface area contributed by atoms with E-state index >= 15 is 0 Å². The van der Waals surface area contributed by atoms with Crippen molar-refractivity contribution in [1.29, 1.82) is 0 Å². The number of ether oxygens (including phenoxy) is 1. The second kappa shape index (κ2) is 6.43. The van der Waals surface area contributed by atoms with Crippen LogP contribution in [0.15, 0.2) is 18.2 Å². The van der Waals surface area contributed by atoms with Gasteiger partial charge in [-0.1, -0.05) is 37.4 Å². The van der Waals surface area contributed by atoms with E-state index in [-0.39, 0.29) is 5.41 Å². The second-order valence-corrected chi connectivity index (χ2v) is 6.87. The Labute approximate surface area is 130 Å². The zero-order chi connectivity index (χ0) is 15.5. The highest BCUT2D eigenvalue weighted by Gasteiger charge is 2.19. The molecule has 0 saturated carbocycles. The van der Waals surface area contributed by atoms with Crippen LogP contribution in [0.1, 0.15) is 44.5 Å². The van der Waals surface area contributed by atoms with Gasteiger partial charge in [-0.05, 0) is 36.5 Å². The minimum atomic E-state index is 0.0495. The number of hydrogen-bond acceptors (Lipinski definition) is 5. The van der Waals surface area contributed by atoms with Gasteiger partial charge in [-0.15, -0.1) is 5.10 Å². The standard InChI is InChI=1S/C16H23N3OS/c1-6-17-15-13(18-19-21-15)10-20-14-9-11(2)7-8-12(14)16(3,4)5/h7-9,17H,6,10H2,1-5H3. The molecule has 0 aliphatic rings. The Kier molecular flexibility index (Phi) is 4.83. The van der Waals surface area contributed by atoms with Crippen LogP contribution in [0.2, 0.25) is 0 Å². The molecule has 0 saturated heterocycles. The molecule has 1 heterocycles. The van der Waals surface area contributed by atoms with Crippen molar-refractivity contribution in [2.24, 2.45) is 0 Å². The zero-order valence-corrected chi connectivity index (χ0v) is 14.2. The summed E-state index contributed by atoms with van der Waals surface area (Å²) in [7, 11) is 0. The van der Waals surface area contributed by atoms with Gasteiger partial charge >= 0.3 is 0 Å². The molecule has 4 nitrogen and oxygen atoms in total. The summed E-state index contributed by atoms with van der Waals surface area (Å²) in [5.74, 6) is 0.929. The summed E-state index contributed by atoms with van der Waals surface area (Å²) in [6, 6.07) is 6.37. The van der Waals surface area contributed by atoms with Crippen molar-refractivity contribution in [3.05, 3.63) is 35.0 Å². The van der Waals surface area contributed by atoms with Crippen LogP contribution in [0, 0.1) is 6.92 Å². The molecule has 1 aromatic carbocycles. The van der Waals surface area contributed by atoms with E-state index in [4.69, 9.17) is 4.74 Å². The first-order valence-corrected chi connectivity index (χ1v) is 7.98. The van der Waals surface area contributed by atoms with Gasteiger partial charge in [-0.2, -0.15) is 0 Å². The van der Waals surface area contributed by atoms with Crippen LogP contribution in [0.3, 0.4) is 0 Å². The first-order chi connectivity index (χ1) is 9.91. The average Bonchev–Trinajstić information content (AvgIpc) is 2.83. The van der Waals surface area contributed by atoms with Gasteiger partial charge in [0.15, 0.2) is 0 Å². The Morgan fingerprint density at radius 2 is 2.05 bits per heavy atom. The fourth-order valence-corrected chi connectivity index (χ4v) is 2.75. The van der Waals surface area contributed by atoms with Crippen LogP contribution in [0.5, 0.6) is 5.75 Å². The molecular formula is C16H23N3OS. The predicted octanol–water partition coefficient (Wildman–Crippen LogP) is 4.15. The SMILES string of the molecule is CCNc1snnc1COc1cc(C)ccc1C(C)(C)C. The summed E-state index contributed by atoms with van der Waals surface area (Å²) in [6.45, 7) is 12.0. The molecule has 1 aromatic heterocycles. The van der Waals surface area contributed by atoms with E-state index in [0.29, 0.717) is 6.61 Å². The Hall–Kier alpha value is -1.62. The molecule has 1 N–H and O–H groups in total. The molecule has 0 unspecified atom stereocenters. The summed E-state index contributed by atoms with van der Waals surface area (Å²) in [5, 5.41) is 8.40. The molecule has 0 aliphatic heterocycles. The molecule has 0 fully saturated rings. The fraction of sp³-hybridized carbons (Fsp3) is 0.500. The Balaban J connectivity index is 2.19. The van der Waals surface area contributed by atoms with Crippen molar-refractivity contribution >= 4 is 16.5 Å². The highest BCUT2D eigenvalue weighted by Crippen LogP contribution is 2.33. The molecule has 0 bridgehead atoms. The normalized spacial score (nSPS) is 11.5. The number of benzene rings is 1. The molecule has 21 heavy (non-hydrogen) atoms. The number of anilines is 1. The topological polar surface area (TPSA) is 47.0 Å². The number of aromatic nitrogens is 2. The number of nitrogens with one attached hydrogen (secondary N) is 1. The van der Waals surface area contributed by atoms with Crippen LogP contribution < -0.4 is 10.1 Å². The molecule has 5 heteroatoms. The minimum Gasteiger partial charge on any atom is -0.487 e. The van der Waals surface area contributed by atoms with E-state index in [0.717, 1.165) is 23.0 Å². The third kappa shape index (κ3) is 3.94. The largest absolute Gasteiger partial charge is 0.487 e. The lowest BCUT2D eigenvalue weighted by molar-refractivity contribution is 0.293. The van der Waals surface area contributed by atoms with Gasteiger partial charge in [-0.3, -0.25) is 0 Å². The van der Waals surface area contributed by atoms with E-state index in [1.54, 1.807) is 0 Å². The summed E-state index contributed by atoms with van der Waals surface area (Å²) in [5.41, 5.74) is 3.32. The van der Waals surface area contributed by atoms with Gasteiger partial charge in [0.1, 0.15) is 23.1 Å². The van der Waals surface area contributed by atoms with E-state index < -0.39 is 0 Å². The Bertz CT molecular complexity index is 602. The van der Waals surface area contributed by atoms with Gasteiger partial charge in [0.25, 0.3) is 0 Å². The molecule has 0 radical (unpaired) electrons. The molecule has 0 aliphatic carbocycles. The van der Waals surface area contributed by atoms with Crippen LogP contribution in [0.4, 0.5) is 5.00 Å². The first-order valence-electron chi connectivity index (χ1n) is 7.21. The number of aryl methyl sites for hydroxylation is 1. The number of rotatable bonds is 5. The lowest BCUT2D eigenvalue weighted by Crippen LogP contribution is -2.14. The lowest BCUT2D eigenvalue weighted by atomic mass is 9.86. The second-order valence-electron chi connectivity index (χ2n) is 6.12. The molecule has 0 amide bonds. The average molecular weight is 305 g/mol. The van der Waals surface area contributed by atoms with Gasteiger partial charge in [0.05, 0.1) is 0 Å². The van der Waals surface area contributed by atoms with Gasteiger partial charge in [0, 0.05) is 18.1 Å². The lowest BCUT2D eigenvalue weighted by Gasteiger charge is -2.23. The van der Waals surface area contributed by atoms with Crippen LogP contribution in [0.25, 0.3) is 0 Å². The summed E-state index contributed by atoms with van der Waals surface area (Å²) < 4.78 is 10.0. The molecule has 114 valence electrons. The van der Waals surface area contributed by atoms with Crippen molar-refractivity contribution in [3.63, 3.8) is 0 Å². The minimum absolute atomic E-state index is 0.0495. The first kappa shape index (κ1) is 15.8. The van der Waals surface area contributed by atoms with E-state index in [9.17, 15) is 0 Å². The fourth-order valence-electron chi connectivity index (χ4n) is 2.11. The van der Waals surface area contributed by atoms with Crippen molar-refractivity contribution in [2.75, 3.05) is 11.9 Å². The zero-order valence-electron chi connectivity index (χ0n) is 13.4. The maximum atomic E-state index is 6.04. The summed E-state index contributed by atoms with van der Waals surface area (Å²) in [4.78, 5) is 0. The Morgan fingerprint density at radius 3 is 2.71 bits per heavy atom. The number of hydrogen-bond donors (Lipinski definition) is 1. The van der Waals surface area contributed by atoms with Crippen molar-refractivity contribution in [3.8, 4) is 5.75 Å². The third-order valence-corrected chi connectivity index (χ3v) is 3.93.